The van der Waals surface area contributed by atoms with Gasteiger partial charge >= 0.3 is 0 Å². The molecule has 0 unspecified atom stereocenters. The SMILES string of the molecule is O=C(N[C@H](Cc1ccccc1)C(=O)NCc1ccccn1)c1ccco1. The summed E-state index contributed by atoms with van der Waals surface area (Å²) in [6.07, 6.45) is 3.46. The fourth-order valence-corrected chi connectivity index (χ4v) is 2.50. The first-order valence-corrected chi connectivity index (χ1v) is 8.28. The molecule has 2 heterocycles. The second-order valence-electron chi connectivity index (χ2n) is 5.73. The second kappa shape index (κ2) is 8.62. The zero-order chi connectivity index (χ0) is 18.2. The number of nitrogens with zero attached hydrogens (tertiary/aromatic N) is 1. The highest BCUT2D eigenvalue weighted by Crippen LogP contribution is 2.06. The number of hydrogen-bond acceptors (Lipinski definition) is 4. The number of pyridine rings is 1. The zero-order valence-corrected chi connectivity index (χ0v) is 14.1. The number of carbonyl (C=O) groups is 2. The lowest BCUT2D eigenvalue weighted by Gasteiger charge is -2.18. The lowest BCUT2D eigenvalue weighted by Crippen LogP contribution is -2.47. The van der Waals surface area contributed by atoms with Gasteiger partial charge in [-0.1, -0.05) is 36.4 Å². The number of nitrogens with one attached hydrogen (secondary N) is 2. The molecule has 1 aromatic carbocycles. The van der Waals surface area contributed by atoms with Crippen LogP contribution in [0.4, 0.5) is 0 Å². The second-order valence-corrected chi connectivity index (χ2v) is 5.73. The summed E-state index contributed by atoms with van der Waals surface area (Å²) in [5.41, 5.74) is 1.70. The maximum atomic E-state index is 12.6. The van der Waals surface area contributed by atoms with E-state index in [-0.39, 0.29) is 11.7 Å². The molecule has 0 aliphatic carbocycles. The van der Waals surface area contributed by atoms with Gasteiger partial charge in [-0.25, -0.2) is 0 Å². The molecule has 0 saturated heterocycles. The van der Waals surface area contributed by atoms with Crippen molar-refractivity contribution in [1.29, 1.82) is 0 Å². The Morgan fingerprint density at radius 2 is 1.81 bits per heavy atom. The zero-order valence-electron chi connectivity index (χ0n) is 14.1. The van der Waals surface area contributed by atoms with Crippen LogP contribution < -0.4 is 10.6 Å². The number of benzene rings is 1. The molecule has 2 aromatic heterocycles. The van der Waals surface area contributed by atoms with Crippen LogP contribution in [-0.2, 0) is 17.8 Å². The first-order chi connectivity index (χ1) is 12.7. The average Bonchev–Trinajstić information content (AvgIpc) is 3.22. The third kappa shape index (κ3) is 4.80. The number of amides is 2. The Labute approximate surface area is 151 Å². The quantitative estimate of drug-likeness (QED) is 0.686. The Balaban J connectivity index is 1.68. The predicted molar refractivity (Wildman–Crippen MR) is 96.2 cm³/mol. The van der Waals surface area contributed by atoms with E-state index >= 15 is 0 Å². The van der Waals surface area contributed by atoms with Crippen LogP contribution in [0.1, 0.15) is 21.8 Å². The highest BCUT2D eigenvalue weighted by atomic mass is 16.3. The summed E-state index contributed by atoms with van der Waals surface area (Å²) in [6.45, 7) is 0.293. The van der Waals surface area contributed by atoms with Crippen molar-refractivity contribution in [3.8, 4) is 0 Å². The highest BCUT2D eigenvalue weighted by Gasteiger charge is 2.22. The monoisotopic (exact) mass is 349 g/mol. The number of aromatic nitrogens is 1. The molecular weight excluding hydrogens is 330 g/mol. The van der Waals surface area contributed by atoms with Gasteiger partial charge in [-0.15, -0.1) is 0 Å². The number of rotatable bonds is 7. The third-order valence-corrected chi connectivity index (χ3v) is 3.82. The Bertz CT molecular complexity index is 833. The van der Waals surface area contributed by atoms with Gasteiger partial charge in [0.25, 0.3) is 5.91 Å². The van der Waals surface area contributed by atoms with Gasteiger partial charge in [0.15, 0.2) is 5.76 Å². The Hall–Kier alpha value is -3.41. The van der Waals surface area contributed by atoms with Crippen LogP contribution >= 0.6 is 0 Å². The van der Waals surface area contributed by atoms with Crippen molar-refractivity contribution >= 4 is 11.8 Å². The molecule has 132 valence electrons. The summed E-state index contributed by atoms with van der Waals surface area (Å²) in [4.78, 5) is 29.1. The summed E-state index contributed by atoms with van der Waals surface area (Å²) in [5.74, 6) is -0.538. The average molecular weight is 349 g/mol. The smallest absolute Gasteiger partial charge is 0.287 e. The van der Waals surface area contributed by atoms with Crippen LogP contribution in [0, 0.1) is 0 Å². The minimum Gasteiger partial charge on any atom is -0.459 e. The van der Waals surface area contributed by atoms with Crippen molar-refractivity contribution in [2.75, 3.05) is 0 Å². The molecule has 1 atom stereocenters. The van der Waals surface area contributed by atoms with E-state index in [2.05, 4.69) is 15.6 Å². The lowest BCUT2D eigenvalue weighted by molar-refractivity contribution is -0.123. The van der Waals surface area contributed by atoms with Crippen molar-refractivity contribution in [3.63, 3.8) is 0 Å². The van der Waals surface area contributed by atoms with Gasteiger partial charge in [-0.3, -0.25) is 14.6 Å². The van der Waals surface area contributed by atoms with Crippen LogP contribution in [-0.4, -0.2) is 22.8 Å². The number of hydrogen-bond donors (Lipinski definition) is 2. The maximum Gasteiger partial charge on any atom is 0.287 e. The summed E-state index contributed by atoms with van der Waals surface area (Å²) in [6, 6.07) is 17.5. The van der Waals surface area contributed by atoms with Gasteiger partial charge in [-0.05, 0) is 29.8 Å². The van der Waals surface area contributed by atoms with E-state index in [9.17, 15) is 9.59 Å². The van der Waals surface area contributed by atoms with Crippen molar-refractivity contribution in [3.05, 3.63) is 90.1 Å². The van der Waals surface area contributed by atoms with E-state index in [0.717, 1.165) is 11.3 Å². The Morgan fingerprint density at radius 3 is 2.50 bits per heavy atom. The normalized spacial score (nSPS) is 11.5. The van der Waals surface area contributed by atoms with Gasteiger partial charge in [0.2, 0.25) is 5.91 Å². The molecule has 6 nitrogen and oxygen atoms in total. The fourth-order valence-electron chi connectivity index (χ4n) is 2.50. The Morgan fingerprint density at radius 1 is 1.00 bits per heavy atom. The molecule has 3 aromatic rings. The summed E-state index contributed by atoms with van der Waals surface area (Å²) >= 11 is 0. The van der Waals surface area contributed by atoms with E-state index in [4.69, 9.17) is 4.42 Å². The minimum atomic E-state index is -0.723. The topological polar surface area (TPSA) is 84.2 Å². The molecule has 6 heteroatoms. The summed E-state index contributed by atoms with van der Waals surface area (Å²) < 4.78 is 5.10. The molecule has 3 rings (SSSR count). The van der Waals surface area contributed by atoms with Crippen LogP contribution in [0.2, 0.25) is 0 Å². The van der Waals surface area contributed by atoms with E-state index in [1.54, 1.807) is 18.3 Å². The van der Waals surface area contributed by atoms with Gasteiger partial charge in [-0.2, -0.15) is 0 Å². The van der Waals surface area contributed by atoms with Crippen LogP contribution in [0.25, 0.3) is 0 Å². The summed E-state index contributed by atoms with van der Waals surface area (Å²) in [5, 5.41) is 5.56. The number of furan rings is 1. The van der Waals surface area contributed by atoms with Crippen molar-refractivity contribution in [1.82, 2.24) is 15.6 Å². The molecule has 0 saturated carbocycles. The molecule has 2 N–H and O–H groups in total. The largest absolute Gasteiger partial charge is 0.459 e. The molecule has 0 aliphatic heterocycles. The van der Waals surface area contributed by atoms with Crippen LogP contribution in [0.3, 0.4) is 0 Å². The van der Waals surface area contributed by atoms with Crippen molar-refractivity contribution in [2.24, 2.45) is 0 Å². The molecule has 2 amide bonds. The Kier molecular flexibility index (Phi) is 5.77. The lowest BCUT2D eigenvalue weighted by atomic mass is 10.0. The molecule has 0 fully saturated rings. The predicted octanol–water partition coefficient (Wildman–Crippen LogP) is 2.33. The third-order valence-electron chi connectivity index (χ3n) is 3.82. The van der Waals surface area contributed by atoms with Crippen molar-refractivity contribution < 1.29 is 14.0 Å². The molecule has 0 radical (unpaired) electrons. The van der Waals surface area contributed by atoms with E-state index in [1.165, 1.54) is 6.26 Å². The number of carbonyl (C=O) groups excluding carboxylic acids is 2. The van der Waals surface area contributed by atoms with Gasteiger partial charge in [0.1, 0.15) is 6.04 Å². The molecule has 0 spiro atoms. The van der Waals surface area contributed by atoms with Crippen LogP contribution in [0.5, 0.6) is 0 Å². The van der Waals surface area contributed by atoms with Gasteiger partial charge in [0.05, 0.1) is 18.5 Å². The summed E-state index contributed by atoms with van der Waals surface area (Å²) in [7, 11) is 0. The molecule has 0 aliphatic rings. The van der Waals surface area contributed by atoms with E-state index < -0.39 is 11.9 Å². The highest BCUT2D eigenvalue weighted by molar-refractivity contribution is 5.95. The maximum absolute atomic E-state index is 12.6. The first-order valence-electron chi connectivity index (χ1n) is 8.28. The molecule has 0 bridgehead atoms. The van der Waals surface area contributed by atoms with Crippen molar-refractivity contribution in [2.45, 2.75) is 19.0 Å². The molecular formula is C20H19N3O3. The van der Waals surface area contributed by atoms with Crippen LogP contribution in [0.15, 0.2) is 77.5 Å². The van der Waals surface area contributed by atoms with Gasteiger partial charge < -0.3 is 15.1 Å². The first kappa shape index (κ1) is 17.4. The molecule has 26 heavy (non-hydrogen) atoms. The van der Waals surface area contributed by atoms with E-state index in [0.29, 0.717) is 13.0 Å². The standard InChI is InChI=1S/C20H19N3O3/c24-19(22-14-16-9-4-5-11-21-16)17(13-15-7-2-1-3-8-15)23-20(25)18-10-6-12-26-18/h1-12,17H,13-14H2,(H,22,24)(H,23,25)/t17-/m1/s1. The van der Waals surface area contributed by atoms with E-state index in [1.807, 2.05) is 48.5 Å². The van der Waals surface area contributed by atoms with Gasteiger partial charge in [0, 0.05) is 12.6 Å². The minimum absolute atomic E-state index is 0.167. The fraction of sp³-hybridized carbons (Fsp3) is 0.150.